The molecule has 14 heavy (non-hydrogen) atoms. The normalized spacial score (nSPS) is 22.0. The largest absolute Gasteiger partial charge is 0.388 e. The van der Waals surface area contributed by atoms with Crippen molar-refractivity contribution < 1.29 is 8.42 Å². The van der Waals surface area contributed by atoms with Gasteiger partial charge in [0, 0.05) is 19.5 Å². The van der Waals surface area contributed by atoms with E-state index in [1.54, 1.807) is 0 Å². The molecule has 5 nitrogen and oxygen atoms in total. The minimum atomic E-state index is -2.77. The molecule has 0 aromatic carbocycles. The summed E-state index contributed by atoms with van der Waals surface area (Å²) in [6, 6.07) is 0. The van der Waals surface area contributed by atoms with Crippen LogP contribution in [0.1, 0.15) is 12.8 Å². The molecule has 0 aliphatic carbocycles. The molecule has 0 bridgehead atoms. The van der Waals surface area contributed by atoms with Crippen LogP contribution in [0.4, 0.5) is 0 Å². The average molecular weight is 219 g/mol. The van der Waals surface area contributed by atoms with Gasteiger partial charge in [0.25, 0.3) is 0 Å². The molecule has 1 aliphatic rings. The van der Waals surface area contributed by atoms with Crippen LogP contribution in [0.5, 0.6) is 0 Å². The topological polar surface area (TPSA) is 87.2 Å². The summed E-state index contributed by atoms with van der Waals surface area (Å²) >= 11 is 0. The highest BCUT2D eigenvalue weighted by atomic mass is 32.2. The van der Waals surface area contributed by atoms with E-state index in [0.29, 0.717) is 19.5 Å². The van der Waals surface area contributed by atoms with Crippen molar-refractivity contribution in [3.05, 3.63) is 0 Å². The minimum Gasteiger partial charge on any atom is -0.388 e. The van der Waals surface area contributed by atoms with Crippen molar-refractivity contribution in [2.45, 2.75) is 12.8 Å². The molecule has 0 radical (unpaired) electrons. The van der Waals surface area contributed by atoms with Crippen molar-refractivity contribution in [1.29, 1.82) is 5.41 Å². The number of amidine groups is 1. The van der Waals surface area contributed by atoms with E-state index < -0.39 is 9.84 Å². The molecule has 0 aromatic rings. The summed E-state index contributed by atoms with van der Waals surface area (Å²) in [7, 11) is -2.77. The van der Waals surface area contributed by atoms with Gasteiger partial charge in [-0.2, -0.15) is 0 Å². The SMILES string of the molecule is N=C(N)CCCN1CCS(=O)(=O)CC1. The first-order valence-corrected chi connectivity index (χ1v) is 6.57. The van der Waals surface area contributed by atoms with Crippen molar-refractivity contribution in [2.75, 3.05) is 31.1 Å². The lowest BCUT2D eigenvalue weighted by Gasteiger charge is -2.26. The highest BCUT2D eigenvalue weighted by molar-refractivity contribution is 7.91. The van der Waals surface area contributed by atoms with E-state index in [0.717, 1.165) is 13.0 Å². The lowest BCUT2D eigenvalue weighted by atomic mass is 10.3. The van der Waals surface area contributed by atoms with E-state index in [4.69, 9.17) is 11.1 Å². The Morgan fingerprint density at radius 1 is 1.36 bits per heavy atom. The summed E-state index contributed by atoms with van der Waals surface area (Å²) in [6.45, 7) is 2.09. The molecule has 0 aromatic heterocycles. The van der Waals surface area contributed by atoms with Crippen LogP contribution in [0.2, 0.25) is 0 Å². The second-order valence-corrected chi connectivity index (χ2v) is 5.93. The van der Waals surface area contributed by atoms with E-state index in [1.807, 2.05) is 0 Å². The number of nitrogens with one attached hydrogen (secondary N) is 1. The Morgan fingerprint density at radius 3 is 2.43 bits per heavy atom. The maximum atomic E-state index is 11.1. The third-order valence-corrected chi connectivity index (χ3v) is 3.97. The molecule has 1 saturated heterocycles. The van der Waals surface area contributed by atoms with E-state index in [2.05, 4.69) is 4.90 Å². The van der Waals surface area contributed by atoms with Gasteiger partial charge in [-0.3, -0.25) is 5.41 Å². The van der Waals surface area contributed by atoms with E-state index in [-0.39, 0.29) is 17.3 Å². The molecule has 0 unspecified atom stereocenters. The Kier molecular flexibility index (Phi) is 3.88. The first kappa shape index (κ1) is 11.5. The van der Waals surface area contributed by atoms with Crippen LogP contribution in [-0.2, 0) is 9.84 Å². The van der Waals surface area contributed by atoms with Gasteiger partial charge in [-0.25, -0.2) is 8.42 Å². The molecule has 1 aliphatic heterocycles. The average Bonchev–Trinajstić information content (AvgIpc) is 2.07. The van der Waals surface area contributed by atoms with Gasteiger partial charge < -0.3 is 10.6 Å². The third kappa shape index (κ3) is 4.06. The monoisotopic (exact) mass is 219 g/mol. The van der Waals surface area contributed by atoms with Crippen molar-refractivity contribution in [3.8, 4) is 0 Å². The van der Waals surface area contributed by atoms with E-state index >= 15 is 0 Å². The van der Waals surface area contributed by atoms with Gasteiger partial charge in [0.15, 0.2) is 9.84 Å². The number of nitrogens with zero attached hydrogens (tertiary/aromatic N) is 1. The Morgan fingerprint density at radius 2 is 1.93 bits per heavy atom. The van der Waals surface area contributed by atoms with Crippen molar-refractivity contribution >= 4 is 15.7 Å². The lowest BCUT2D eigenvalue weighted by molar-refractivity contribution is 0.293. The fraction of sp³-hybridized carbons (Fsp3) is 0.875. The van der Waals surface area contributed by atoms with Gasteiger partial charge in [0.05, 0.1) is 17.3 Å². The lowest BCUT2D eigenvalue weighted by Crippen LogP contribution is -2.40. The Labute approximate surface area is 84.7 Å². The van der Waals surface area contributed by atoms with Gasteiger partial charge in [0.2, 0.25) is 0 Å². The molecule has 1 heterocycles. The first-order valence-electron chi connectivity index (χ1n) is 4.75. The zero-order valence-corrected chi connectivity index (χ0v) is 9.02. The van der Waals surface area contributed by atoms with E-state index in [9.17, 15) is 8.42 Å². The highest BCUT2D eigenvalue weighted by Crippen LogP contribution is 2.04. The van der Waals surface area contributed by atoms with Gasteiger partial charge in [-0.05, 0) is 13.0 Å². The maximum Gasteiger partial charge on any atom is 0.152 e. The second-order valence-electron chi connectivity index (χ2n) is 3.62. The first-order chi connectivity index (χ1) is 6.49. The molecule has 3 N–H and O–H groups in total. The quantitative estimate of drug-likeness (QED) is 0.490. The van der Waals surface area contributed by atoms with Gasteiger partial charge >= 0.3 is 0 Å². The molecule has 1 fully saturated rings. The predicted octanol–water partition coefficient (Wildman–Crippen LogP) is -0.567. The zero-order chi connectivity index (χ0) is 10.6. The van der Waals surface area contributed by atoms with Crippen molar-refractivity contribution in [3.63, 3.8) is 0 Å². The molecule has 0 saturated carbocycles. The van der Waals surface area contributed by atoms with Gasteiger partial charge in [0.1, 0.15) is 0 Å². The van der Waals surface area contributed by atoms with Crippen LogP contribution in [0.15, 0.2) is 0 Å². The molecule has 82 valence electrons. The summed E-state index contributed by atoms with van der Waals surface area (Å²) in [5.74, 6) is 0.745. The summed E-state index contributed by atoms with van der Waals surface area (Å²) in [5, 5.41) is 7.04. The van der Waals surface area contributed by atoms with Crippen LogP contribution >= 0.6 is 0 Å². The maximum absolute atomic E-state index is 11.1. The highest BCUT2D eigenvalue weighted by Gasteiger charge is 2.20. The second kappa shape index (κ2) is 4.75. The molecule has 1 rings (SSSR count). The van der Waals surface area contributed by atoms with Crippen LogP contribution in [0.3, 0.4) is 0 Å². The number of hydrogen-bond donors (Lipinski definition) is 2. The Bertz CT molecular complexity index is 286. The zero-order valence-electron chi connectivity index (χ0n) is 8.20. The minimum absolute atomic E-state index is 0.203. The molecule has 0 spiro atoms. The van der Waals surface area contributed by atoms with Crippen LogP contribution in [0, 0.1) is 5.41 Å². The number of hydrogen-bond acceptors (Lipinski definition) is 4. The fourth-order valence-corrected chi connectivity index (χ4v) is 2.74. The van der Waals surface area contributed by atoms with Crippen LogP contribution in [0.25, 0.3) is 0 Å². The third-order valence-electron chi connectivity index (χ3n) is 2.36. The number of sulfone groups is 1. The molecule has 6 heteroatoms. The van der Waals surface area contributed by atoms with Crippen molar-refractivity contribution in [1.82, 2.24) is 4.90 Å². The summed E-state index contributed by atoms with van der Waals surface area (Å²) < 4.78 is 22.2. The summed E-state index contributed by atoms with van der Waals surface area (Å²) in [4.78, 5) is 2.12. The smallest absolute Gasteiger partial charge is 0.152 e. The van der Waals surface area contributed by atoms with Crippen LogP contribution < -0.4 is 5.73 Å². The fourth-order valence-electron chi connectivity index (χ4n) is 1.47. The molecule has 0 atom stereocenters. The molecular weight excluding hydrogens is 202 g/mol. The Balaban J connectivity index is 2.19. The Hall–Kier alpha value is -0.620. The standard InChI is InChI=1S/C8H17N3O2S/c9-8(10)2-1-3-11-4-6-14(12,13)7-5-11/h1-7H2,(H3,9,10). The van der Waals surface area contributed by atoms with Crippen LogP contribution in [-0.4, -0.2) is 50.3 Å². The molecular formula is C8H17N3O2S. The number of rotatable bonds is 4. The van der Waals surface area contributed by atoms with Crippen molar-refractivity contribution in [2.24, 2.45) is 5.73 Å². The summed E-state index contributed by atoms with van der Waals surface area (Å²) in [5.41, 5.74) is 5.22. The predicted molar refractivity (Wildman–Crippen MR) is 56.2 cm³/mol. The van der Waals surface area contributed by atoms with Gasteiger partial charge in [-0.15, -0.1) is 0 Å². The number of nitrogens with two attached hydrogens (primary N) is 1. The van der Waals surface area contributed by atoms with E-state index in [1.165, 1.54) is 0 Å². The van der Waals surface area contributed by atoms with Gasteiger partial charge in [-0.1, -0.05) is 0 Å². The summed E-state index contributed by atoms with van der Waals surface area (Å²) in [6.07, 6.45) is 1.44. The molecule has 0 amide bonds.